The van der Waals surface area contributed by atoms with Crippen molar-refractivity contribution in [2.45, 2.75) is 37.9 Å². The molecule has 3 aromatic rings. The van der Waals surface area contributed by atoms with Crippen LogP contribution < -0.4 is 15.8 Å². The number of ether oxygens (including phenoxy) is 1. The topological polar surface area (TPSA) is 129 Å². The number of anilines is 1. The van der Waals surface area contributed by atoms with Gasteiger partial charge in [-0.1, -0.05) is 36.4 Å². The molecule has 0 aromatic heterocycles. The number of rotatable bonds is 17. The molecule has 4 rings (SSSR count). The molecule has 0 bridgehead atoms. The van der Waals surface area contributed by atoms with E-state index in [1.807, 2.05) is 57.4 Å². The van der Waals surface area contributed by atoms with Crippen LogP contribution in [0.3, 0.4) is 0 Å². The molecule has 0 spiro atoms. The summed E-state index contributed by atoms with van der Waals surface area (Å²) < 4.78 is 45.4. The van der Waals surface area contributed by atoms with Crippen molar-refractivity contribution in [1.82, 2.24) is 19.6 Å². The molecule has 52 heavy (non-hydrogen) atoms. The van der Waals surface area contributed by atoms with Crippen molar-refractivity contribution in [3.8, 4) is 5.75 Å². The van der Waals surface area contributed by atoms with Gasteiger partial charge in [0.1, 0.15) is 5.75 Å². The van der Waals surface area contributed by atoms with Gasteiger partial charge in [0.05, 0.1) is 31.2 Å². The zero-order valence-corrected chi connectivity index (χ0v) is 30.0. The first-order valence-electron chi connectivity index (χ1n) is 17.1. The number of nitrogens with one attached hydrogen (secondary N) is 1. The van der Waals surface area contributed by atoms with Crippen LogP contribution >= 0.6 is 0 Å². The van der Waals surface area contributed by atoms with Crippen LogP contribution in [0.15, 0.2) is 66.7 Å². The number of carbonyl (C=O) groups is 4. The molecule has 0 saturated heterocycles. The van der Waals surface area contributed by atoms with Gasteiger partial charge in [0, 0.05) is 43.9 Å². The molecule has 3 aromatic carbocycles. The van der Waals surface area contributed by atoms with Crippen molar-refractivity contribution < 1.29 is 37.1 Å². The van der Waals surface area contributed by atoms with Gasteiger partial charge >= 0.3 is 6.18 Å². The number of hydrogen-bond donors (Lipinski definition) is 2. The van der Waals surface area contributed by atoms with Crippen molar-refractivity contribution in [2.75, 3.05) is 72.8 Å². The molecule has 0 saturated carbocycles. The predicted octanol–water partition coefficient (Wildman–Crippen LogP) is 4.22. The summed E-state index contributed by atoms with van der Waals surface area (Å²) in [5, 5.41) is 2.70. The number of amides is 4. The molecule has 280 valence electrons. The molecule has 0 aliphatic carbocycles. The standard InChI is InChI=1S/C38H47F3N6O5/c1-44(2)16-6-20-52-31-13-10-27(11-14-31)33-23-28-9-12-30(43-35(49)22-26-7-5-8-29(21-26)38(39,40)41)24-32(28)37(51)47(33)17-15-36(50)46(25-34(42)48)19-18-45(3)4/h5,7-14,21,24,33H,6,15-20,22-23,25H2,1-4H3,(H2,42,48)(H,43,49). The van der Waals surface area contributed by atoms with Crippen molar-refractivity contribution in [2.24, 2.45) is 5.73 Å². The van der Waals surface area contributed by atoms with Crippen molar-refractivity contribution in [1.29, 1.82) is 0 Å². The third-order valence-corrected chi connectivity index (χ3v) is 8.66. The Kier molecular flexibility index (Phi) is 13.8. The van der Waals surface area contributed by atoms with E-state index in [9.17, 15) is 32.3 Å². The number of fused-ring (bicyclic) bond motifs is 1. The lowest BCUT2D eigenvalue weighted by Crippen LogP contribution is -2.45. The minimum absolute atomic E-state index is 0.0495. The largest absolute Gasteiger partial charge is 0.494 e. The van der Waals surface area contributed by atoms with Gasteiger partial charge in [-0.3, -0.25) is 19.2 Å². The van der Waals surface area contributed by atoms with Crippen LogP contribution in [0.2, 0.25) is 0 Å². The number of carbonyl (C=O) groups excluding carboxylic acids is 4. The van der Waals surface area contributed by atoms with E-state index in [4.69, 9.17) is 10.5 Å². The fourth-order valence-electron chi connectivity index (χ4n) is 5.98. The van der Waals surface area contributed by atoms with Gasteiger partial charge in [-0.05, 0) is 88.1 Å². The van der Waals surface area contributed by atoms with E-state index in [0.29, 0.717) is 36.6 Å². The first-order chi connectivity index (χ1) is 24.6. The average molecular weight is 725 g/mol. The molecule has 0 fully saturated rings. The van der Waals surface area contributed by atoms with E-state index >= 15 is 0 Å². The van der Waals surface area contributed by atoms with E-state index in [0.717, 1.165) is 36.2 Å². The number of nitrogens with two attached hydrogens (primary N) is 1. The Morgan fingerprint density at radius 1 is 0.942 bits per heavy atom. The Morgan fingerprint density at radius 3 is 2.31 bits per heavy atom. The van der Waals surface area contributed by atoms with Gasteiger partial charge in [-0.15, -0.1) is 0 Å². The van der Waals surface area contributed by atoms with Crippen LogP contribution in [0.5, 0.6) is 5.75 Å². The first-order valence-corrected chi connectivity index (χ1v) is 17.1. The SMILES string of the molecule is CN(C)CCCOc1ccc(C2Cc3ccc(NC(=O)Cc4cccc(C(F)(F)F)c4)cc3C(=O)N2CCC(=O)N(CCN(C)C)CC(N)=O)cc1. The summed E-state index contributed by atoms with van der Waals surface area (Å²) in [6.07, 6.45) is -3.61. The summed E-state index contributed by atoms with van der Waals surface area (Å²) in [6, 6.07) is 16.6. The second-order valence-corrected chi connectivity index (χ2v) is 13.4. The molecule has 3 N–H and O–H groups in total. The summed E-state index contributed by atoms with van der Waals surface area (Å²) in [5.41, 5.74) is 7.00. The summed E-state index contributed by atoms with van der Waals surface area (Å²) in [7, 11) is 7.70. The van der Waals surface area contributed by atoms with E-state index < -0.39 is 29.6 Å². The van der Waals surface area contributed by atoms with E-state index in [1.54, 1.807) is 23.1 Å². The number of nitrogens with zero attached hydrogens (tertiary/aromatic N) is 4. The number of alkyl halides is 3. The molecule has 1 aliphatic heterocycles. The number of hydrogen-bond acceptors (Lipinski definition) is 7. The summed E-state index contributed by atoms with van der Waals surface area (Å²) >= 11 is 0. The van der Waals surface area contributed by atoms with Crippen molar-refractivity contribution in [3.63, 3.8) is 0 Å². The molecule has 1 aliphatic rings. The maximum Gasteiger partial charge on any atom is 0.416 e. The van der Waals surface area contributed by atoms with Gasteiger partial charge in [-0.2, -0.15) is 13.2 Å². The lowest BCUT2D eigenvalue weighted by atomic mass is 9.88. The van der Waals surface area contributed by atoms with E-state index in [1.165, 1.54) is 17.0 Å². The summed E-state index contributed by atoms with van der Waals surface area (Å²) in [5.74, 6) is -1.17. The molecule has 1 atom stereocenters. The van der Waals surface area contributed by atoms with Crippen LogP contribution in [0, 0.1) is 0 Å². The van der Waals surface area contributed by atoms with Crippen LogP contribution in [-0.2, 0) is 33.4 Å². The molecular weight excluding hydrogens is 677 g/mol. The highest BCUT2D eigenvalue weighted by molar-refractivity contribution is 6.00. The highest BCUT2D eigenvalue weighted by Gasteiger charge is 2.34. The van der Waals surface area contributed by atoms with Crippen molar-refractivity contribution in [3.05, 3.63) is 94.5 Å². The Morgan fingerprint density at radius 2 is 1.65 bits per heavy atom. The maximum absolute atomic E-state index is 14.2. The van der Waals surface area contributed by atoms with Crippen LogP contribution in [0.4, 0.5) is 18.9 Å². The average Bonchev–Trinajstić information content (AvgIpc) is 3.08. The van der Waals surface area contributed by atoms with Crippen molar-refractivity contribution >= 4 is 29.3 Å². The second-order valence-electron chi connectivity index (χ2n) is 13.4. The Bertz CT molecular complexity index is 1710. The number of benzene rings is 3. The number of halogens is 3. The fourth-order valence-corrected chi connectivity index (χ4v) is 5.98. The molecule has 0 radical (unpaired) electrons. The summed E-state index contributed by atoms with van der Waals surface area (Å²) in [6.45, 7) is 2.05. The minimum atomic E-state index is -4.53. The first kappa shape index (κ1) is 39.8. The molecule has 1 heterocycles. The molecule has 4 amide bonds. The maximum atomic E-state index is 14.2. The van der Waals surface area contributed by atoms with E-state index in [-0.39, 0.29) is 49.9 Å². The van der Waals surface area contributed by atoms with Crippen LogP contribution in [-0.4, -0.2) is 111 Å². The third kappa shape index (κ3) is 11.5. The number of primary amides is 1. The Balaban J connectivity index is 1.55. The monoisotopic (exact) mass is 724 g/mol. The second kappa shape index (κ2) is 18.0. The van der Waals surface area contributed by atoms with Gasteiger partial charge in [-0.25, -0.2) is 0 Å². The van der Waals surface area contributed by atoms with Gasteiger partial charge < -0.3 is 35.4 Å². The number of likely N-dealkylation sites (N-methyl/N-ethyl adjacent to an activating group) is 1. The van der Waals surface area contributed by atoms with Crippen LogP contribution in [0.1, 0.15) is 51.5 Å². The lowest BCUT2D eigenvalue weighted by molar-refractivity contribution is -0.137. The fraction of sp³-hybridized carbons (Fsp3) is 0.421. The summed E-state index contributed by atoms with van der Waals surface area (Å²) in [4.78, 5) is 59.2. The molecular formula is C38H47F3N6O5. The van der Waals surface area contributed by atoms with Crippen LogP contribution in [0.25, 0.3) is 0 Å². The zero-order chi connectivity index (χ0) is 38.0. The highest BCUT2D eigenvalue weighted by atomic mass is 19.4. The zero-order valence-electron chi connectivity index (χ0n) is 30.0. The highest BCUT2D eigenvalue weighted by Crippen LogP contribution is 2.36. The quantitative estimate of drug-likeness (QED) is 0.200. The third-order valence-electron chi connectivity index (χ3n) is 8.66. The molecule has 14 heteroatoms. The minimum Gasteiger partial charge on any atom is -0.494 e. The Labute approximate surface area is 302 Å². The van der Waals surface area contributed by atoms with Gasteiger partial charge in [0.15, 0.2) is 0 Å². The smallest absolute Gasteiger partial charge is 0.416 e. The lowest BCUT2D eigenvalue weighted by Gasteiger charge is -2.37. The Hall–Kier alpha value is -4.95. The van der Waals surface area contributed by atoms with E-state index in [2.05, 4.69) is 10.2 Å². The molecule has 1 unspecified atom stereocenters. The van der Waals surface area contributed by atoms with Gasteiger partial charge in [0.25, 0.3) is 5.91 Å². The van der Waals surface area contributed by atoms with Gasteiger partial charge in [0.2, 0.25) is 17.7 Å². The normalized spacial score (nSPS) is 14.4. The predicted molar refractivity (Wildman–Crippen MR) is 192 cm³/mol. The molecule has 11 nitrogen and oxygen atoms in total.